The van der Waals surface area contributed by atoms with E-state index in [0.717, 1.165) is 51.2 Å². The highest BCUT2D eigenvalue weighted by atomic mass is 35.5. The number of halogens is 1. The van der Waals surface area contributed by atoms with Gasteiger partial charge in [-0.25, -0.2) is 0 Å². The lowest BCUT2D eigenvalue weighted by Gasteiger charge is -2.25. The molecular weight excluding hydrogens is 334 g/mol. The zero-order valence-electron chi connectivity index (χ0n) is 13.7. The molecule has 1 aliphatic heterocycles. The van der Waals surface area contributed by atoms with Gasteiger partial charge in [-0.3, -0.25) is 14.7 Å². The minimum Gasteiger partial charge on any atom is -0.339 e. The standard InChI is InChI=1S/C19H18ClN5/c20-16-8-15(24-19-17-13(9-22-19)5-2-6-21-17)7-14-10-23-25(18(14)16)11-12-3-1-4-12/h2,5-8,10,12H,1,3-4,9,11H2,(H,22,24). The Labute approximate surface area is 150 Å². The quantitative estimate of drug-likeness (QED) is 0.767. The zero-order valence-corrected chi connectivity index (χ0v) is 14.5. The Kier molecular flexibility index (Phi) is 3.48. The van der Waals surface area contributed by atoms with Gasteiger partial charge in [0.1, 0.15) is 5.69 Å². The van der Waals surface area contributed by atoms with Gasteiger partial charge in [0, 0.05) is 29.4 Å². The molecular formula is C19H18ClN5. The number of nitrogens with one attached hydrogen (secondary N) is 1. The third kappa shape index (κ3) is 2.59. The number of benzene rings is 1. The molecule has 0 amide bonds. The summed E-state index contributed by atoms with van der Waals surface area (Å²) in [6.07, 6.45) is 7.62. The summed E-state index contributed by atoms with van der Waals surface area (Å²) in [5.74, 6) is 1.54. The smallest absolute Gasteiger partial charge is 0.152 e. The molecule has 6 heteroatoms. The van der Waals surface area contributed by atoms with Gasteiger partial charge in [-0.2, -0.15) is 5.10 Å². The third-order valence-corrected chi connectivity index (χ3v) is 5.42. The Morgan fingerprint density at radius 3 is 3.04 bits per heavy atom. The SMILES string of the molecule is Clc1cc(NC2=NCc3cccnc32)cc2cnn(CC3CCC3)c12. The van der Waals surface area contributed by atoms with Crippen molar-refractivity contribution in [2.45, 2.75) is 32.4 Å². The summed E-state index contributed by atoms with van der Waals surface area (Å²) in [6, 6.07) is 8.03. The van der Waals surface area contributed by atoms with E-state index in [2.05, 4.69) is 37.2 Å². The maximum Gasteiger partial charge on any atom is 0.152 e. The molecule has 0 bridgehead atoms. The number of amidine groups is 1. The van der Waals surface area contributed by atoms with Gasteiger partial charge in [-0.05, 0) is 37.0 Å². The molecule has 1 aromatic carbocycles. The van der Waals surface area contributed by atoms with Crippen LogP contribution in [-0.2, 0) is 13.1 Å². The number of rotatable bonds is 3. The molecule has 3 aromatic rings. The van der Waals surface area contributed by atoms with E-state index >= 15 is 0 Å². The molecule has 0 spiro atoms. The van der Waals surface area contributed by atoms with E-state index in [-0.39, 0.29) is 0 Å². The van der Waals surface area contributed by atoms with E-state index in [9.17, 15) is 0 Å². The van der Waals surface area contributed by atoms with Crippen LogP contribution in [0, 0.1) is 5.92 Å². The summed E-state index contributed by atoms with van der Waals surface area (Å²) in [5.41, 5.74) is 3.99. The third-order valence-electron chi connectivity index (χ3n) is 5.13. The van der Waals surface area contributed by atoms with E-state index < -0.39 is 0 Å². The number of aliphatic imine (C=N–C) groups is 1. The fraction of sp³-hybridized carbons (Fsp3) is 0.316. The molecule has 1 saturated carbocycles. The largest absolute Gasteiger partial charge is 0.339 e. The van der Waals surface area contributed by atoms with E-state index in [4.69, 9.17) is 11.6 Å². The van der Waals surface area contributed by atoms with Crippen molar-refractivity contribution in [1.82, 2.24) is 14.8 Å². The first kappa shape index (κ1) is 14.9. The van der Waals surface area contributed by atoms with Crippen molar-refractivity contribution in [1.29, 1.82) is 0 Å². The van der Waals surface area contributed by atoms with Crippen LogP contribution in [0.5, 0.6) is 0 Å². The van der Waals surface area contributed by atoms with Crippen LogP contribution in [0.2, 0.25) is 5.02 Å². The van der Waals surface area contributed by atoms with E-state index in [1.165, 1.54) is 19.3 Å². The molecule has 0 radical (unpaired) electrons. The maximum absolute atomic E-state index is 6.58. The number of nitrogens with zero attached hydrogens (tertiary/aromatic N) is 4. The van der Waals surface area contributed by atoms with Crippen LogP contribution in [0.25, 0.3) is 10.9 Å². The van der Waals surface area contributed by atoms with Crippen LogP contribution in [0.1, 0.15) is 30.5 Å². The fourth-order valence-electron chi connectivity index (χ4n) is 3.57. The number of fused-ring (bicyclic) bond motifs is 2. The number of hydrogen-bond acceptors (Lipinski definition) is 4. The second-order valence-electron chi connectivity index (χ2n) is 6.82. The van der Waals surface area contributed by atoms with Crippen molar-refractivity contribution in [2.24, 2.45) is 10.9 Å². The van der Waals surface area contributed by atoms with Crippen LogP contribution in [0.4, 0.5) is 5.69 Å². The Bertz CT molecular complexity index is 987. The second kappa shape index (κ2) is 5.85. The first-order valence-corrected chi connectivity index (χ1v) is 9.06. The minimum atomic E-state index is 0.667. The second-order valence-corrected chi connectivity index (χ2v) is 7.23. The molecule has 2 aliphatic rings. The van der Waals surface area contributed by atoms with Gasteiger partial charge < -0.3 is 5.32 Å². The summed E-state index contributed by atoms with van der Waals surface area (Å²) in [7, 11) is 0. The van der Waals surface area contributed by atoms with Gasteiger partial charge in [0.15, 0.2) is 5.84 Å². The van der Waals surface area contributed by atoms with Gasteiger partial charge in [0.2, 0.25) is 0 Å². The van der Waals surface area contributed by atoms with Crippen LogP contribution >= 0.6 is 11.6 Å². The van der Waals surface area contributed by atoms with Crippen LogP contribution in [0.3, 0.4) is 0 Å². The molecule has 3 heterocycles. The minimum absolute atomic E-state index is 0.667. The Morgan fingerprint density at radius 2 is 2.20 bits per heavy atom. The lowest BCUT2D eigenvalue weighted by Crippen LogP contribution is -2.18. The highest BCUT2D eigenvalue weighted by Crippen LogP contribution is 2.32. The van der Waals surface area contributed by atoms with Crippen LogP contribution < -0.4 is 5.32 Å². The summed E-state index contributed by atoms with van der Waals surface area (Å²) >= 11 is 6.58. The number of anilines is 1. The molecule has 126 valence electrons. The number of pyridine rings is 1. The van der Waals surface area contributed by atoms with Crippen molar-refractivity contribution in [3.8, 4) is 0 Å². The van der Waals surface area contributed by atoms with Gasteiger partial charge in [0.05, 0.1) is 23.3 Å². The molecule has 5 rings (SSSR count). The normalized spacial score (nSPS) is 16.6. The molecule has 0 atom stereocenters. The molecule has 0 unspecified atom stereocenters. The topological polar surface area (TPSA) is 55.1 Å². The van der Waals surface area contributed by atoms with E-state index in [1.807, 2.05) is 18.3 Å². The molecule has 2 aromatic heterocycles. The van der Waals surface area contributed by atoms with E-state index in [0.29, 0.717) is 6.54 Å². The molecule has 1 aliphatic carbocycles. The van der Waals surface area contributed by atoms with Crippen LogP contribution in [-0.4, -0.2) is 20.6 Å². The molecule has 0 saturated heterocycles. The highest BCUT2D eigenvalue weighted by Gasteiger charge is 2.21. The number of aromatic nitrogens is 3. The average molecular weight is 352 g/mol. The molecule has 5 nitrogen and oxygen atoms in total. The predicted molar refractivity (Wildman–Crippen MR) is 100 cm³/mol. The Morgan fingerprint density at radius 1 is 1.28 bits per heavy atom. The van der Waals surface area contributed by atoms with E-state index in [1.54, 1.807) is 6.20 Å². The lowest BCUT2D eigenvalue weighted by molar-refractivity contribution is 0.270. The monoisotopic (exact) mass is 351 g/mol. The molecule has 1 N–H and O–H groups in total. The van der Waals surface area contributed by atoms with Crippen LogP contribution in [0.15, 0.2) is 41.7 Å². The predicted octanol–water partition coefficient (Wildman–Crippen LogP) is 4.26. The van der Waals surface area contributed by atoms with Crippen molar-refractivity contribution >= 4 is 34.0 Å². The maximum atomic E-state index is 6.58. The summed E-state index contributed by atoms with van der Waals surface area (Å²) in [4.78, 5) is 8.98. The van der Waals surface area contributed by atoms with Crippen molar-refractivity contribution in [3.63, 3.8) is 0 Å². The van der Waals surface area contributed by atoms with Crippen molar-refractivity contribution in [3.05, 3.63) is 52.9 Å². The molecule has 1 fully saturated rings. The Balaban J connectivity index is 1.45. The highest BCUT2D eigenvalue weighted by molar-refractivity contribution is 6.35. The van der Waals surface area contributed by atoms with Gasteiger partial charge in [0.25, 0.3) is 0 Å². The number of hydrogen-bond donors (Lipinski definition) is 1. The first-order chi connectivity index (χ1) is 12.3. The first-order valence-electron chi connectivity index (χ1n) is 8.69. The molecule has 25 heavy (non-hydrogen) atoms. The summed E-state index contributed by atoms with van der Waals surface area (Å²) in [5, 5.41) is 9.69. The summed E-state index contributed by atoms with van der Waals surface area (Å²) < 4.78 is 2.05. The summed E-state index contributed by atoms with van der Waals surface area (Å²) in [6.45, 7) is 1.63. The Hall–Kier alpha value is -2.40. The lowest BCUT2D eigenvalue weighted by atomic mass is 9.85. The average Bonchev–Trinajstić information content (AvgIpc) is 3.16. The van der Waals surface area contributed by atoms with Gasteiger partial charge in [-0.15, -0.1) is 0 Å². The van der Waals surface area contributed by atoms with Crippen molar-refractivity contribution < 1.29 is 0 Å². The van der Waals surface area contributed by atoms with Gasteiger partial charge >= 0.3 is 0 Å². The van der Waals surface area contributed by atoms with Crippen molar-refractivity contribution in [2.75, 3.05) is 5.32 Å². The zero-order chi connectivity index (χ0) is 16.8. The van der Waals surface area contributed by atoms with Gasteiger partial charge in [-0.1, -0.05) is 24.1 Å². The fourth-order valence-corrected chi connectivity index (χ4v) is 3.89.